The lowest BCUT2D eigenvalue weighted by molar-refractivity contribution is 1.67. The monoisotopic (exact) mass is 342 g/mol. The number of hydrogen-bond donors (Lipinski definition) is 0. The van der Waals surface area contributed by atoms with Crippen molar-refractivity contribution in [3.63, 3.8) is 0 Å². The van der Waals surface area contributed by atoms with E-state index >= 15 is 0 Å². The third-order valence-electron chi connectivity index (χ3n) is 1.98. The van der Waals surface area contributed by atoms with Crippen LogP contribution in [0.1, 0.15) is 4.88 Å². The average Bonchev–Trinajstić information content (AvgIpc) is 2.67. The van der Waals surface area contributed by atoms with E-state index in [2.05, 4.69) is 73.6 Å². The number of thiophene rings is 1. The molecule has 0 aliphatic carbocycles. The molecule has 0 atom stereocenters. The predicted molar refractivity (Wildman–Crippen MR) is 75.6 cm³/mol. The van der Waals surface area contributed by atoms with Gasteiger partial charge in [0.05, 0.1) is 3.39 Å². The summed E-state index contributed by atoms with van der Waals surface area (Å²) < 4.78 is 0.969. The van der Waals surface area contributed by atoms with Crippen molar-refractivity contribution in [2.75, 3.05) is 0 Å². The highest BCUT2D eigenvalue weighted by atomic mass is 79.9. The molecular weight excluding hydrogens is 336 g/mol. The summed E-state index contributed by atoms with van der Waals surface area (Å²) in [4.78, 5) is 1.23. The number of benzene rings is 1. The molecule has 0 bridgehead atoms. The smallest absolute Gasteiger partial charge is 0.0618 e. The molecule has 15 heavy (non-hydrogen) atoms. The molecule has 0 fully saturated rings. The Balaban J connectivity index is 2.32. The minimum atomic E-state index is 0.969. The van der Waals surface area contributed by atoms with Gasteiger partial charge in [-0.1, -0.05) is 30.3 Å². The highest BCUT2D eigenvalue weighted by Gasteiger charge is 2.00. The van der Waals surface area contributed by atoms with Crippen molar-refractivity contribution >= 4 is 49.3 Å². The summed E-state index contributed by atoms with van der Waals surface area (Å²) in [6.07, 6.45) is 2.05. The Labute approximate surface area is 110 Å². The molecule has 0 aliphatic heterocycles. The normalized spacial score (nSPS) is 10.0. The van der Waals surface area contributed by atoms with E-state index in [4.69, 9.17) is 0 Å². The van der Waals surface area contributed by atoms with Gasteiger partial charge < -0.3 is 0 Å². The van der Waals surface area contributed by atoms with Gasteiger partial charge in [-0.25, -0.2) is 0 Å². The molecule has 0 aliphatic rings. The molecule has 1 aromatic heterocycles. The van der Waals surface area contributed by atoms with Crippen LogP contribution in [0.25, 0.3) is 17.2 Å². The first-order chi connectivity index (χ1) is 7.25. The van der Waals surface area contributed by atoms with Gasteiger partial charge in [0.25, 0.3) is 0 Å². The second-order valence-corrected chi connectivity index (χ2v) is 6.75. The minimum Gasteiger partial charge on any atom is -0.144 e. The van der Waals surface area contributed by atoms with Crippen LogP contribution in [0.4, 0.5) is 0 Å². The van der Waals surface area contributed by atoms with Gasteiger partial charge in [0, 0.05) is 4.88 Å². The van der Waals surface area contributed by atoms with Gasteiger partial charge in [0.1, 0.15) is 0 Å². The molecule has 0 radical (unpaired) electrons. The fraction of sp³-hybridized carbons (Fsp3) is 0. The van der Waals surface area contributed by atoms with Crippen LogP contribution < -0.4 is 0 Å². The third kappa shape index (κ3) is 3.03. The molecule has 0 unspecified atom stereocenters. The number of rotatable bonds is 2. The minimum absolute atomic E-state index is 0.969. The van der Waals surface area contributed by atoms with Crippen LogP contribution in [0.5, 0.6) is 0 Å². The van der Waals surface area contributed by atoms with Crippen molar-refractivity contribution in [3.8, 4) is 11.1 Å². The maximum Gasteiger partial charge on any atom is 0.0618 e. The van der Waals surface area contributed by atoms with E-state index in [-0.39, 0.29) is 0 Å². The Kier molecular flexibility index (Phi) is 3.78. The van der Waals surface area contributed by atoms with Crippen molar-refractivity contribution in [3.05, 3.63) is 50.0 Å². The van der Waals surface area contributed by atoms with Gasteiger partial charge >= 0.3 is 0 Å². The molecular formula is C12H8Br2S. The SMILES string of the molecule is BrC(Br)=Cc1cc(-c2ccccc2)cs1. The Morgan fingerprint density at radius 1 is 1.07 bits per heavy atom. The molecule has 0 saturated carbocycles. The highest BCUT2D eigenvalue weighted by Crippen LogP contribution is 2.28. The molecule has 0 saturated heterocycles. The maximum atomic E-state index is 3.36. The van der Waals surface area contributed by atoms with Gasteiger partial charge in [0.15, 0.2) is 0 Å². The topological polar surface area (TPSA) is 0 Å². The molecule has 1 heterocycles. The second-order valence-electron chi connectivity index (χ2n) is 3.04. The lowest BCUT2D eigenvalue weighted by Gasteiger charge is -1.94. The molecule has 1 aromatic carbocycles. The van der Waals surface area contributed by atoms with Crippen molar-refractivity contribution in [2.45, 2.75) is 0 Å². The van der Waals surface area contributed by atoms with E-state index in [0.29, 0.717) is 0 Å². The van der Waals surface area contributed by atoms with E-state index in [1.54, 1.807) is 11.3 Å². The van der Waals surface area contributed by atoms with E-state index in [1.165, 1.54) is 16.0 Å². The second kappa shape index (κ2) is 5.10. The molecule has 0 N–H and O–H groups in total. The average molecular weight is 344 g/mol. The summed E-state index contributed by atoms with van der Waals surface area (Å²) in [5.41, 5.74) is 2.53. The Morgan fingerprint density at radius 2 is 1.80 bits per heavy atom. The van der Waals surface area contributed by atoms with Crippen molar-refractivity contribution < 1.29 is 0 Å². The zero-order valence-corrected chi connectivity index (χ0v) is 11.8. The molecule has 2 aromatic rings. The fourth-order valence-electron chi connectivity index (χ4n) is 1.32. The van der Waals surface area contributed by atoms with Gasteiger partial charge in [-0.2, -0.15) is 0 Å². The van der Waals surface area contributed by atoms with Crippen LogP contribution in [0, 0.1) is 0 Å². The molecule has 76 valence electrons. The van der Waals surface area contributed by atoms with Crippen molar-refractivity contribution in [2.24, 2.45) is 0 Å². The zero-order valence-electron chi connectivity index (χ0n) is 7.78. The summed E-state index contributed by atoms with van der Waals surface area (Å²) in [6.45, 7) is 0. The lowest BCUT2D eigenvalue weighted by Crippen LogP contribution is -1.70. The van der Waals surface area contributed by atoms with E-state index in [0.717, 1.165) is 3.39 Å². The zero-order chi connectivity index (χ0) is 10.7. The van der Waals surface area contributed by atoms with Crippen LogP contribution in [-0.2, 0) is 0 Å². The van der Waals surface area contributed by atoms with E-state index in [1.807, 2.05) is 6.07 Å². The molecule has 0 spiro atoms. The van der Waals surface area contributed by atoms with Gasteiger partial charge in [-0.3, -0.25) is 0 Å². The Hall–Kier alpha value is -0.380. The fourth-order valence-corrected chi connectivity index (χ4v) is 2.96. The van der Waals surface area contributed by atoms with Gasteiger partial charge in [0.2, 0.25) is 0 Å². The van der Waals surface area contributed by atoms with Gasteiger partial charge in [-0.15, -0.1) is 11.3 Å². The van der Waals surface area contributed by atoms with Crippen LogP contribution in [0.15, 0.2) is 45.2 Å². The largest absolute Gasteiger partial charge is 0.144 e. The maximum absolute atomic E-state index is 3.36. The van der Waals surface area contributed by atoms with Crippen LogP contribution in [-0.4, -0.2) is 0 Å². The third-order valence-corrected chi connectivity index (χ3v) is 3.32. The summed E-state index contributed by atoms with van der Waals surface area (Å²) in [7, 11) is 0. The summed E-state index contributed by atoms with van der Waals surface area (Å²) in [6, 6.07) is 12.6. The molecule has 0 amide bonds. The first-order valence-electron chi connectivity index (χ1n) is 4.42. The number of halogens is 2. The molecule has 0 nitrogen and oxygen atoms in total. The Bertz CT molecular complexity index is 467. The number of hydrogen-bond acceptors (Lipinski definition) is 1. The highest BCUT2D eigenvalue weighted by molar-refractivity contribution is 9.28. The summed E-state index contributed by atoms with van der Waals surface area (Å²) in [5.74, 6) is 0. The lowest BCUT2D eigenvalue weighted by atomic mass is 10.1. The standard InChI is InChI=1S/C12H8Br2S/c13-12(14)7-11-6-10(8-15-11)9-4-2-1-3-5-9/h1-8H. The predicted octanol–water partition coefficient (Wildman–Crippen LogP) is 5.50. The molecule has 2 rings (SSSR count). The Morgan fingerprint density at radius 3 is 2.47 bits per heavy atom. The summed E-state index contributed by atoms with van der Waals surface area (Å²) >= 11 is 8.46. The van der Waals surface area contributed by atoms with Crippen LogP contribution >= 0.6 is 43.2 Å². The van der Waals surface area contributed by atoms with Gasteiger partial charge in [-0.05, 0) is 60.5 Å². The van der Waals surface area contributed by atoms with E-state index in [9.17, 15) is 0 Å². The van der Waals surface area contributed by atoms with Crippen molar-refractivity contribution in [1.29, 1.82) is 0 Å². The van der Waals surface area contributed by atoms with Crippen LogP contribution in [0.2, 0.25) is 0 Å². The first kappa shape index (κ1) is 11.1. The quantitative estimate of drug-likeness (QED) is 0.675. The van der Waals surface area contributed by atoms with E-state index < -0.39 is 0 Å². The summed E-state index contributed by atoms with van der Waals surface area (Å²) in [5, 5.41) is 2.17. The van der Waals surface area contributed by atoms with Crippen molar-refractivity contribution in [1.82, 2.24) is 0 Å². The van der Waals surface area contributed by atoms with Crippen LogP contribution in [0.3, 0.4) is 0 Å². The first-order valence-corrected chi connectivity index (χ1v) is 6.89. The molecule has 3 heteroatoms.